The fraction of sp³-hybridized carbons (Fsp3) is 0.857. The van der Waals surface area contributed by atoms with Crippen molar-refractivity contribution in [2.75, 3.05) is 34.8 Å². The molecule has 0 heterocycles. The van der Waals surface area contributed by atoms with Gasteiger partial charge in [-0.05, 0) is 13.3 Å². The Morgan fingerprint density at radius 1 is 1.40 bits per heavy atom. The number of likely N-dealkylation sites (N-methyl/N-ethyl adjacent to an activating group) is 1. The average Bonchev–Trinajstić information content (AvgIpc) is 2.40. The maximum Gasteiger partial charge on any atom is 0.241 e. The van der Waals surface area contributed by atoms with Crippen LogP contribution in [-0.4, -0.2) is 63.2 Å². The van der Waals surface area contributed by atoms with Crippen LogP contribution in [0.4, 0.5) is 0 Å². The third-order valence-corrected chi connectivity index (χ3v) is 4.72. The van der Waals surface area contributed by atoms with Crippen LogP contribution in [0.25, 0.3) is 0 Å². The van der Waals surface area contributed by atoms with Gasteiger partial charge in [-0.25, -0.2) is 0 Å². The number of aliphatic imine (C=N–C) groups is 1. The Morgan fingerprint density at radius 3 is 2.40 bits per heavy atom. The Bertz CT molecular complexity index is 393. The van der Waals surface area contributed by atoms with Gasteiger partial charge in [0, 0.05) is 39.7 Å². The number of hydrogen-bond acceptors (Lipinski definition) is 3. The van der Waals surface area contributed by atoms with Crippen molar-refractivity contribution in [2.24, 2.45) is 10.4 Å². The molecule has 0 radical (unpaired) electrons. The molecule has 1 amide bonds. The summed E-state index contributed by atoms with van der Waals surface area (Å²) >= 11 is 0. The van der Waals surface area contributed by atoms with E-state index >= 15 is 0 Å². The second-order valence-corrected chi connectivity index (χ2v) is 6.27. The lowest BCUT2D eigenvalue weighted by Gasteiger charge is -2.59. The third-order valence-electron chi connectivity index (χ3n) is 4.72. The van der Waals surface area contributed by atoms with Gasteiger partial charge in [-0.1, -0.05) is 13.8 Å². The topological polar surface area (TPSA) is 66.0 Å². The quantitative estimate of drug-likeness (QED) is 0.581. The average molecular weight is 284 g/mol. The minimum Gasteiger partial charge on any atom is -0.378 e. The van der Waals surface area contributed by atoms with Crippen molar-refractivity contribution in [1.29, 1.82) is 0 Å². The Labute approximate surface area is 122 Å². The van der Waals surface area contributed by atoms with E-state index in [0.717, 1.165) is 6.42 Å². The standard InChI is InChI=1S/C14H28N4O2/c1-13(2)10(8-14(13,3)20-7)17-12(15-4)16-9-11(19)18(5)6/h10H,8-9H2,1-7H3,(H2,15,16,17). The molecule has 2 unspecified atom stereocenters. The molecule has 116 valence electrons. The number of carbonyl (C=O) groups is 1. The number of nitrogens with one attached hydrogen (secondary N) is 2. The highest BCUT2D eigenvalue weighted by atomic mass is 16.5. The van der Waals surface area contributed by atoms with Gasteiger partial charge in [0.15, 0.2) is 5.96 Å². The molecule has 0 aromatic rings. The van der Waals surface area contributed by atoms with E-state index in [-0.39, 0.29) is 29.5 Å². The zero-order valence-electron chi connectivity index (χ0n) is 13.7. The highest BCUT2D eigenvalue weighted by Crippen LogP contribution is 2.51. The van der Waals surface area contributed by atoms with E-state index in [2.05, 4.69) is 36.4 Å². The van der Waals surface area contributed by atoms with Crippen molar-refractivity contribution in [3.8, 4) is 0 Å². The molecular formula is C14H28N4O2. The van der Waals surface area contributed by atoms with Crippen molar-refractivity contribution in [1.82, 2.24) is 15.5 Å². The summed E-state index contributed by atoms with van der Waals surface area (Å²) in [6, 6.07) is 0.271. The summed E-state index contributed by atoms with van der Waals surface area (Å²) in [5, 5.41) is 6.40. The highest BCUT2D eigenvalue weighted by molar-refractivity contribution is 5.86. The Kier molecular flexibility index (Phi) is 5.02. The number of methoxy groups -OCH3 is 1. The first kappa shape index (κ1) is 16.8. The van der Waals surface area contributed by atoms with Gasteiger partial charge in [0.05, 0.1) is 12.1 Å². The van der Waals surface area contributed by atoms with Crippen LogP contribution >= 0.6 is 0 Å². The summed E-state index contributed by atoms with van der Waals surface area (Å²) in [6.45, 7) is 6.71. The predicted octanol–water partition coefficient (Wildman–Crippen LogP) is 0.443. The molecule has 1 aliphatic rings. The number of rotatable bonds is 4. The van der Waals surface area contributed by atoms with Gasteiger partial charge in [-0.2, -0.15) is 0 Å². The lowest BCUT2D eigenvalue weighted by molar-refractivity contribution is -0.176. The summed E-state index contributed by atoms with van der Waals surface area (Å²) < 4.78 is 5.60. The highest BCUT2D eigenvalue weighted by Gasteiger charge is 2.58. The Morgan fingerprint density at radius 2 is 2.00 bits per heavy atom. The molecule has 2 atom stereocenters. The van der Waals surface area contributed by atoms with Crippen LogP contribution in [0, 0.1) is 5.41 Å². The van der Waals surface area contributed by atoms with Gasteiger partial charge in [0.1, 0.15) is 0 Å². The van der Waals surface area contributed by atoms with E-state index in [4.69, 9.17) is 4.74 Å². The van der Waals surface area contributed by atoms with Crippen LogP contribution < -0.4 is 10.6 Å². The van der Waals surface area contributed by atoms with Crippen LogP contribution in [-0.2, 0) is 9.53 Å². The molecule has 0 spiro atoms. The third kappa shape index (κ3) is 3.06. The first-order chi connectivity index (χ1) is 9.17. The molecule has 0 aromatic carbocycles. The van der Waals surface area contributed by atoms with E-state index < -0.39 is 0 Å². The van der Waals surface area contributed by atoms with E-state index in [1.54, 1.807) is 33.2 Å². The van der Waals surface area contributed by atoms with Crippen molar-refractivity contribution in [3.05, 3.63) is 0 Å². The first-order valence-electron chi connectivity index (χ1n) is 6.90. The Balaban J connectivity index is 2.54. The molecule has 0 aliphatic heterocycles. The van der Waals surface area contributed by atoms with Crippen molar-refractivity contribution in [2.45, 2.75) is 38.8 Å². The first-order valence-corrected chi connectivity index (χ1v) is 6.90. The monoisotopic (exact) mass is 284 g/mol. The Hall–Kier alpha value is -1.30. The molecular weight excluding hydrogens is 256 g/mol. The number of carbonyl (C=O) groups excluding carboxylic acids is 1. The van der Waals surface area contributed by atoms with Gasteiger partial charge < -0.3 is 20.3 Å². The minimum atomic E-state index is -0.122. The zero-order valence-corrected chi connectivity index (χ0v) is 13.7. The SMILES string of the molecule is CN=C(NCC(=O)N(C)C)NC1CC(C)(OC)C1(C)C. The second kappa shape index (κ2) is 5.99. The van der Waals surface area contributed by atoms with Crippen LogP contribution in [0.3, 0.4) is 0 Å². The van der Waals surface area contributed by atoms with Crippen LogP contribution in [0.5, 0.6) is 0 Å². The lowest BCUT2D eigenvalue weighted by atomic mass is 9.56. The second-order valence-electron chi connectivity index (χ2n) is 6.27. The maximum atomic E-state index is 11.6. The lowest BCUT2D eigenvalue weighted by Crippen LogP contribution is -2.69. The van der Waals surface area contributed by atoms with E-state index in [1.807, 2.05) is 0 Å². The summed E-state index contributed by atoms with van der Waals surface area (Å²) in [4.78, 5) is 17.3. The maximum absolute atomic E-state index is 11.6. The van der Waals surface area contributed by atoms with Crippen molar-refractivity contribution in [3.63, 3.8) is 0 Å². The molecule has 1 fully saturated rings. The van der Waals surface area contributed by atoms with E-state index in [0.29, 0.717) is 5.96 Å². The summed E-state index contributed by atoms with van der Waals surface area (Å²) in [7, 11) is 6.93. The fourth-order valence-corrected chi connectivity index (χ4v) is 2.40. The van der Waals surface area contributed by atoms with E-state index in [1.165, 1.54) is 0 Å². The van der Waals surface area contributed by atoms with Crippen LogP contribution in [0.15, 0.2) is 4.99 Å². The molecule has 0 aromatic heterocycles. The number of nitrogens with zero attached hydrogens (tertiary/aromatic N) is 2. The van der Waals surface area contributed by atoms with Gasteiger partial charge in [-0.3, -0.25) is 9.79 Å². The molecule has 6 heteroatoms. The van der Waals surface area contributed by atoms with Crippen molar-refractivity contribution >= 4 is 11.9 Å². The molecule has 1 saturated carbocycles. The number of ether oxygens (including phenoxy) is 1. The molecule has 0 bridgehead atoms. The van der Waals surface area contributed by atoms with Crippen molar-refractivity contribution < 1.29 is 9.53 Å². The largest absolute Gasteiger partial charge is 0.378 e. The van der Waals surface area contributed by atoms with Gasteiger partial charge in [0.25, 0.3) is 0 Å². The predicted molar refractivity (Wildman–Crippen MR) is 80.8 cm³/mol. The van der Waals surface area contributed by atoms with E-state index in [9.17, 15) is 4.79 Å². The van der Waals surface area contributed by atoms with Gasteiger partial charge in [0.2, 0.25) is 5.91 Å². The minimum absolute atomic E-state index is 0.00489. The summed E-state index contributed by atoms with van der Waals surface area (Å²) in [6.07, 6.45) is 0.916. The van der Waals surface area contributed by atoms with Gasteiger partial charge in [-0.15, -0.1) is 0 Å². The zero-order chi connectivity index (χ0) is 15.6. The fourth-order valence-electron chi connectivity index (χ4n) is 2.40. The normalized spacial score (nSPS) is 28.6. The number of amides is 1. The molecule has 2 N–H and O–H groups in total. The number of guanidine groups is 1. The molecule has 0 saturated heterocycles. The summed E-state index contributed by atoms with van der Waals surface area (Å²) in [5.74, 6) is 0.666. The molecule has 1 aliphatic carbocycles. The number of hydrogen-bond donors (Lipinski definition) is 2. The smallest absolute Gasteiger partial charge is 0.241 e. The molecule has 6 nitrogen and oxygen atoms in total. The van der Waals surface area contributed by atoms with Crippen LogP contribution in [0.1, 0.15) is 27.2 Å². The molecule has 20 heavy (non-hydrogen) atoms. The molecule has 1 rings (SSSR count). The summed E-state index contributed by atoms with van der Waals surface area (Å²) in [5.41, 5.74) is -0.117. The van der Waals surface area contributed by atoms with Gasteiger partial charge >= 0.3 is 0 Å². The van der Waals surface area contributed by atoms with Crippen LogP contribution in [0.2, 0.25) is 0 Å².